The SMILES string of the molecule is Cc1cc(C=O)cc(C)c1OCCCCO. The number of carbonyl (C=O) groups excluding carboxylic acids is 1. The maximum atomic E-state index is 10.7. The molecule has 0 aliphatic carbocycles. The molecule has 1 N–H and O–H groups in total. The van der Waals surface area contributed by atoms with Crippen molar-refractivity contribution < 1.29 is 14.6 Å². The molecule has 1 aromatic carbocycles. The van der Waals surface area contributed by atoms with Crippen molar-refractivity contribution in [2.75, 3.05) is 13.2 Å². The van der Waals surface area contributed by atoms with Crippen molar-refractivity contribution in [3.63, 3.8) is 0 Å². The molecule has 0 aromatic heterocycles. The van der Waals surface area contributed by atoms with E-state index in [2.05, 4.69) is 0 Å². The molecular formula is C13H18O3. The first kappa shape index (κ1) is 12.7. The van der Waals surface area contributed by atoms with Gasteiger partial charge in [0.05, 0.1) is 6.61 Å². The molecule has 0 bridgehead atoms. The molecular weight excluding hydrogens is 204 g/mol. The zero-order valence-electron chi connectivity index (χ0n) is 9.82. The molecule has 0 spiro atoms. The maximum Gasteiger partial charge on any atom is 0.150 e. The predicted molar refractivity (Wildman–Crippen MR) is 63.1 cm³/mol. The molecule has 0 amide bonds. The topological polar surface area (TPSA) is 46.5 Å². The number of aliphatic hydroxyl groups excluding tert-OH is 1. The van der Waals surface area contributed by atoms with Gasteiger partial charge in [-0.1, -0.05) is 0 Å². The second-order valence-corrected chi connectivity index (χ2v) is 3.88. The Morgan fingerprint density at radius 1 is 1.25 bits per heavy atom. The third kappa shape index (κ3) is 3.35. The Morgan fingerprint density at radius 3 is 2.38 bits per heavy atom. The van der Waals surface area contributed by atoms with Crippen molar-refractivity contribution in [3.05, 3.63) is 28.8 Å². The highest BCUT2D eigenvalue weighted by atomic mass is 16.5. The molecule has 0 saturated heterocycles. The number of rotatable bonds is 6. The average molecular weight is 222 g/mol. The summed E-state index contributed by atoms with van der Waals surface area (Å²) in [5.74, 6) is 0.850. The molecule has 88 valence electrons. The highest BCUT2D eigenvalue weighted by molar-refractivity contribution is 5.76. The summed E-state index contributed by atoms with van der Waals surface area (Å²) in [5.41, 5.74) is 2.63. The van der Waals surface area contributed by atoms with Crippen molar-refractivity contribution in [2.24, 2.45) is 0 Å². The Bertz CT molecular complexity index is 335. The van der Waals surface area contributed by atoms with Crippen molar-refractivity contribution in [2.45, 2.75) is 26.7 Å². The van der Waals surface area contributed by atoms with Gasteiger partial charge < -0.3 is 9.84 Å². The van der Waals surface area contributed by atoms with Crippen LogP contribution in [0.25, 0.3) is 0 Å². The van der Waals surface area contributed by atoms with Gasteiger partial charge in [-0.25, -0.2) is 0 Å². The lowest BCUT2D eigenvalue weighted by Crippen LogP contribution is -2.02. The van der Waals surface area contributed by atoms with E-state index >= 15 is 0 Å². The van der Waals surface area contributed by atoms with Gasteiger partial charge in [0.15, 0.2) is 0 Å². The van der Waals surface area contributed by atoms with Crippen LogP contribution in [-0.4, -0.2) is 24.6 Å². The smallest absolute Gasteiger partial charge is 0.150 e. The van der Waals surface area contributed by atoms with Crippen molar-refractivity contribution in [1.82, 2.24) is 0 Å². The molecule has 1 rings (SSSR count). The number of aryl methyl sites for hydroxylation is 2. The minimum absolute atomic E-state index is 0.200. The monoisotopic (exact) mass is 222 g/mol. The van der Waals surface area contributed by atoms with Crippen molar-refractivity contribution in [1.29, 1.82) is 0 Å². The number of aliphatic hydroxyl groups is 1. The number of hydrogen-bond donors (Lipinski definition) is 1. The Morgan fingerprint density at radius 2 is 1.88 bits per heavy atom. The third-order valence-electron chi connectivity index (χ3n) is 2.42. The maximum absolute atomic E-state index is 10.7. The molecule has 0 aliphatic heterocycles. The van der Waals surface area contributed by atoms with Gasteiger partial charge in [-0.3, -0.25) is 4.79 Å². The summed E-state index contributed by atoms with van der Waals surface area (Å²) in [6, 6.07) is 3.64. The van der Waals surface area contributed by atoms with Gasteiger partial charge in [0.2, 0.25) is 0 Å². The number of unbranched alkanes of at least 4 members (excludes halogenated alkanes) is 1. The largest absolute Gasteiger partial charge is 0.493 e. The molecule has 0 heterocycles. The molecule has 3 heteroatoms. The molecule has 0 saturated carbocycles. The second-order valence-electron chi connectivity index (χ2n) is 3.88. The van der Waals surface area contributed by atoms with E-state index < -0.39 is 0 Å². The predicted octanol–water partition coefficient (Wildman–Crippen LogP) is 2.27. The Kier molecular flexibility index (Phi) is 4.99. The number of ether oxygens (including phenoxy) is 1. The van der Waals surface area contributed by atoms with E-state index in [4.69, 9.17) is 9.84 Å². The van der Waals surface area contributed by atoms with Crippen LogP contribution >= 0.6 is 0 Å². The van der Waals surface area contributed by atoms with Gasteiger partial charge >= 0.3 is 0 Å². The third-order valence-corrected chi connectivity index (χ3v) is 2.42. The molecule has 0 fully saturated rings. The molecule has 0 aliphatic rings. The first-order valence-corrected chi connectivity index (χ1v) is 5.49. The Balaban J connectivity index is 2.69. The van der Waals surface area contributed by atoms with Crippen LogP contribution in [0.4, 0.5) is 0 Å². The minimum Gasteiger partial charge on any atom is -0.493 e. The van der Waals surface area contributed by atoms with E-state index in [1.165, 1.54) is 0 Å². The van der Waals surface area contributed by atoms with Crippen LogP contribution in [0.5, 0.6) is 5.75 Å². The summed E-state index contributed by atoms with van der Waals surface area (Å²) in [6.45, 7) is 4.66. The van der Waals surface area contributed by atoms with E-state index in [1.807, 2.05) is 26.0 Å². The van der Waals surface area contributed by atoms with Crippen LogP contribution < -0.4 is 4.74 Å². The molecule has 1 aromatic rings. The van der Waals surface area contributed by atoms with E-state index in [1.54, 1.807) is 0 Å². The highest BCUT2D eigenvalue weighted by Gasteiger charge is 2.05. The van der Waals surface area contributed by atoms with E-state index in [0.717, 1.165) is 36.0 Å². The van der Waals surface area contributed by atoms with E-state index in [0.29, 0.717) is 12.2 Å². The van der Waals surface area contributed by atoms with E-state index in [-0.39, 0.29) is 6.61 Å². The summed E-state index contributed by atoms with van der Waals surface area (Å²) in [5, 5.41) is 8.65. The molecule has 0 radical (unpaired) electrons. The summed E-state index contributed by atoms with van der Waals surface area (Å²) in [6.07, 6.45) is 2.44. The number of hydrogen-bond acceptors (Lipinski definition) is 3. The summed E-state index contributed by atoms with van der Waals surface area (Å²) < 4.78 is 5.64. The normalized spacial score (nSPS) is 10.2. The molecule has 16 heavy (non-hydrogen) atoms. The van der Waals surface area contributed by atoms with Gasteiger partial charge in [0.1, 0.15) is 12.0 Å². The van der Waals surface area contributed by atoms with Crippen LogP contribution in [0.2, 0.25) is 0 Å². The zero-order chi connectivity index (χ0) is 12.0. The lowest BCUT2D eigenvalue weighted by Gasteiger charge is -2.12. The first-order valence-electron chi connectivity index (χ1n) is 5.49. The first-order chi connectivity index (χ1) is 7.69. The van der Waals surface area contributed by atoms with Crippen LogP contribution in [-0.2, 0) is 0 Å². The molecule has 0 atom stereocenters. The fourth-order valence-corrected chi connectivity index (χ4v) is 1.67. The van der Waals surface area contributed by atoms with E-state index in [9.17, 15) is 4.79 Å². The quantitative estimate of drug-likeness (QED) is 0.593. The summed E-state index contributed by atoms with van der Waals surface area (Å²) >= 11 is 0. The minimum atomic E-state index is 0.200. The van der Waals surface area contributed by atoms with Crippen molar-refractivity contribution >= 4 is 6.29 Å². The van der Waals surface area contributed by atoms with Crippen LogP contribution in [0, 0.1) is 13.8 Å². The lowest BCUT2D eigenvalue weighted by molar-refractivity contribution is 0.112. The Hall–Kier alpha value is -1.35. The van der Waals surface area contributed by atoms with Gasteiger partial charge in [-0.05, 0) is 49.9 Å². The highest BCUT2D eigenvalue weighted by Crippen LogP contribution is 2.24. The molecule has 3 nitrogen and oxygen atoms in total. The van der Waals surface area contributed by atoms with Gasteiger partial charge in [0.25, 0.3) is 0 Å². The average Bonchev–Trinajstić information content (AvgIpc) is 2.26. The van der Waals surface area contributed by atoms with Gasteiger partial charge in [-0.15, -0.1) is 0 Å². The second kappa shape index (κ2) is 6.28. The Labute approximate surface area is 96.1 Å². The molecule has 0 unspecified atom stereocenters. The standard InChI is InChI=1S/C13H18O3/c1-10-7-12(9-15)8-11(2)13(10)16-6-4-3-5-14/h7-9,14H,3-6H2,1-2H3. The van der Waals surface area contributed by atoms with Crippen molar-refractivity contribution in [3.8, 4) is 5.75 Å². The lowest BCUT2D eigenvalue weighted by atomic mass is 10.1. The fourth-order valence-electron chi connectivity index (χ4n) is 1.67. The number of aldehydes is 1. The van der Waals surface area contributed by atoms with Gasteiger partial charge in [-0.2, -0.15) is 0 Å². The van der Waals surface area contributed by atoms with Crippen LogP contribution in [0.1, 0.15) is 34.3 Å². The van der Waals surface area contributed by atoms with Crippen LogP contribution in [0.3, 0.4) is 0 Å². The zero-order valence-corrected chi connectivity index (χ0v) is 9.82. The fraction of sp³-hybridized carbons (Fsp3) is 0.462. The summed E-state index contributed by atoms with van der Waals surface area (Å²) in [4.78, 5) is 10.7. The summed E-state index contributed by atoms with van der Waals surface area (Å²) in [7, 11) is 0. The number of carbonyl (C=O) groups is 1. The van der Waals surface area contributed by atoms with Crippen LogP contribution in [0.15, 0.2) is 12.1 Å². The number of benzene rings is 1. The van der Waals surface area contributed by atoms with Gasteiger partial charge in [0, 0.05) is 12.2 Å².